The fourth-order valence-corrected chi connectivity index (χ4v) is 8.11. The lowest BCUT2D eigenvalue weighted by atomic mass is 9.94. The summed E-state index contributed by atoms with van der Waals surface area (Å²) in [6, 6.07) is 5.62. The molecule has 0 saturated carbocycles. The maximum atomic E-state index is 17.0. The number of ether oxygens (including phenoxy) is 2. The smallest absolute Gasteiger partial charge is 0.319 e. The first kappa shape index (κ1) is 30.7. The molecule has 0 amide bonds. The topological polar surface area (TPSA) is 95.9 Å². The van der Waals surface area contributed by atoms with Crippen molar-refractivity contribution in [3.05, 3.63) is 53.1 Å². The van der Waals surface area contributed by atoms with Gasteiger partial charge in [-0.2, -0.15) is 18.7 Å². The van der Waals surface area contributed by atoms with Crippen LogP contribution < -0.4 is 19.7 Å². The number of methoxy groups -OCH3 is 1. The molecule has 4 aromatic rings. The molecule has 0 aliphatic carbocycles. The zero-order valence-electron chi connectivity index (χ0n) is 26.1. The van der Waals surface area contributed by atoms with Gasteiger partial charge in [-0.15, -0.1) is 6.42 Å². The Bertz CT molecular complexity index is 2050. The Morgan fingerprint density at radius 3 is 2.65 bits per heavy atom. The van der Waals surface area contributed by atoms with Crippen molar-refractivity contribution in [1.29, 1.82) is 0 Å². The molecule has 2 aromatic heterocycles. The number of halogens is 4. The summed E-state index contributed by atoms with van der Waals surface area (Å²) in [7, 11) is 1.40. The van der Waals surface area contributed by atoms with Crippen molar-refractivity contribution >= 4 is 27.5 Å². The van der Waals surface area contributed by atoms with Crippen LogP contribution in [0.3, 0.4) is 0 Å². The number of nitrogens with zero attached hydrogens (tertiary/aromatic N) is 5. The Balaban J connectivity index is 1.31. The van der Waals surface area contributed by atoms with E-state index in [1.165, 1.54) is 31.4 Å². The number of hydrogen-bond acceptors (Lipinski definition) is 9. The first-order valence-electron chi connectivity index (χ1n) is 16.0. The van der Waals surface area contributed by atoms with Crippen molar-refractivity contribution in [1.82, 2.24) is 25.2 Å². The number of aromatic hydroxyl groups is 1. The summed E-state index contributed by atoms with van der Waals surface area (Å²) in [6.07, 6.45) is 7.69. The minimum atomic E-state index is -1.66. The molecule has 2 N–H and O–H groups in total. The van der Waals surface area contributed by atoms with E-state index in [2.05, 4.69) is 21.2 Å². The van der Waals surface area contributed by atoms with Crippen molar-refractivity contribution in [3.63, 3.8) is 0 Å². The van der Waals surface area contributed by atoms with Gasteiger partial charge in [0.05, 0.1) is 18.2 Å². The van der Waals surface area contributed by atoms with Crippen molar-refractivity contribution < 1.29 is 32.1 Å². The second-order valence-electron chi connectivity index (χ2n) is 13.1. The number of aromatic nitrogens is 3. The summed E-state index contributed by atoms with van der Waals surface area (Å²) in [5, 5.41) is 15.0. The number of fused-ring (bicyclic) bond motifs is 5. The third-order valence-corrected chi connectivity index (χ3v) is 10.3. The molecule has 4 fully saturated rings. The molecule has 4 aliphatic rings. The van der Waals surface area contributed by atoms with Crippen LogP contribution in [0.1, 0.15) is 37.7 Å². The van der Waals surface area contributed by atoms with Crippen molar-refractivity contribution in [3.8, 4) is 41.2 Å². The highest BCUT2D eigenvalue weighted by Crippen LogP contribution is 2.45. The van der Waals surface area contributed by atoms with Crippen LogP contribution in [0.2, 0.25) is 0 Å². The normalized spacial score (nSPS) is 23.6. The van der Waals surface area contributed by atoms with Gasteiger partial charge in [0.25, 0.3) is 6.08 Å². The van der Waals surface area contributed by atoms with E-state index in [9.17, 15) is 18.3 Å². The Morgan fingerprint density at radius 2 is 1.92 bits per heavy atom. The van der Waals surface area contributed by atoms with E-state index in [0.29, 0.717) is 37.3 Å². The number of anilines is 1. The van der Waals surface area contributed by atoms with Crippen LogP contribution >= 0.6 is 0 Å². The number of terminal acetylenes is 1. The molecule has 13 heteroatoms. The lowest BCUT2D eigenvalue weighted by Crippen LogP contribution is -2.51. The quantitative estimate of drug-likeness (QED) is 0.205. The predicted molar refractivity (Wildman–Crippen MR) is 171 cm³/mol. The molecule has 4 saturated heterocycles. The first-order valence-corrected chi connectivity index (χ1v) is 16.0. The highest BCUT2D eigenvalue weighted by atomic mass is 19.3. The molecule has 3 unspecified atom stereocenters. The van der Waals surface area contributed by atoms with Crippen LogP contribution in [-0.2, 0) is 0 Å². The molecule has 0 radical (unpaired) electrons. The lowest BCUT2D eigenvalue weighted by Gasteiger charge is -2.34. The fraction of sp³-hybridized carbons (Fsp3) is 0.400. The van der Waals surface area contributed by atoms with Gasteiger partial charge >= 0.3 is 6.01 Å². The van der Waals surface area contributed by atoms with Gasteiger partial charge in [0, 0.05) is 48.2 Å². The second-order valence-corrected chi connectivity index (χ2v) is 13.1. The Labute approximate surface area is 273 Å². The summed E-state index contributed by atoms with van der Waals surface area (Å²) in [5.74, 6) is 0.989. The van der Waals surface area contributed by atoms with E-state index in [1.807, 2.05) is 9.80 Å². The summed E-state index contributed by atoms with van der Waals surface area (Å²) in [4.78, 5) is 17.9. The van der Waals surface area contributed by atoms with Crippen LogP contribution in [0, 0.1) is 24.0 Å². The molecule has 0 spiro atoms. The molecule has 2 aromatic carbocycles. The summed E-state index contributed by atoms with van der Waals surface area (Å²) < 4.78 is 71.2. The molecule has 6 heterocycles. The van der Waals surface area contributed by atoms with E-state index in [-0.39, 0.29) is 88.0 Å². The standard InChI is InChI=1S/C35H32F4N6O3/c1-3-23-25(36)8-5-18-11-22(46)12-24(26(18)23)29-28(37)30-27(33(41-29)47-2)32(44-15-20-6-7-21(16-44)40-20)43-34(42-30)48-17-35-9-4-10-45(35)14-19(13-35)31(38)39/h1,5,8,11-12,20-21,40,46H,4,6-7,9-10,13-17H2,2H3. The van der Waals surface area contributed by atoms with Gasteiger partial charge in [0.15, 0.2) is 5.82 Å². The molecule has 8 rings (SSSR count). The number of phenols is 1. The maximum absolute atomic E-state index is 17.0. The largest absolute Gasteiger partial charge is 0.508 e. The van der Waals surface area contributed by atoms with Gasteiger partial charge in [0.1, 0.15) is 40.6 Å². The summed E-state index contributed by atoms with van der Waals surface area (Å²) in [6.45, 7) is 2.08. The number of nitrogens with one attached hydrogen (secondary N) is 1. The fourth-order valence-electron chi connectivity index (χ4n) is 8.11. The third-order valence-electron chi connectivity index (χ3n) is 10.3. The van der Waals surface area contributed by atoms with Gasteiger partial charge in [0.2, 0.25) is 5.88 Å². The molecule has 9 nitrogen and oxygen atoms in total. The third kappa shape index (κ3) is 4.88. The average Bonchev–Trinajstić information content (AvgIpc) is 3.75. The van der Waals surface area contributed by atoms with Crippen LogP contribution in [0.15, 0.2) is 35.9 Å². The molecular formula is C35H32F4N6O3. The highest BCUT2D eigenvalue weighted by Gasteiger charge is 2.48. The van der Waals surface area contributed by atoms with E-state index in [0.717, 1.165) is 19.3 Å². The van der Waals surface area contributed by atoms with E-state index in [1.54, 1.807) is 0 Å². The maximum Gasteiger partial charge on any atom is 0.319 e. The van der Waals surface area contributed by atoms with Crippen LogP contribution in [-0.4, -0.2) is 82.5 Å². The molecular weight excluding hydrogens is 628 g/mol. The highest BCUT2D eigenvalue weighted by molar-refractivity contribution is 6.04. The minimum Gasteiger partial charge on any atom is -0.508 e. The number of piperazine rings is 1. The van der Waals surface area contributed by atoms with E-state index >= 15 is 4.39 Å². The Hall–Kier alpha value is -4.67. The molecule has 248 valence electrons. The van der Waals surface area contributed by atoms with Crippen molar-refractivity contribution in [2.24, 2.45) is 0 Å². The number of pyridine rings is 1. The minimum absolute atomic E-state index is 0.0218. The molecule has 3 atom stereocenters. The summed E-state index contributed by atoms with van der Waals surface area (Å²) in [5.41, 5.74) is -1.01. The van der Waals surface area contributed by atoms with Gasteiger partial charge in [-0.3, -0.25) is 4.90 Å². The zero-order chi connectivity index (χ0) is 33.3. The SMILES string of the molecule is C#Cc1c(F)ccc2cc(O)cc(-c3nc(OC)c4c(N5CC6CCC(C5)N6)nc(OCC56CCCN5CC(=C(F)F)C6)nc4c3F)c12. The van der Waals surface area contributed by atoms with E-state index < -0.39 is 23.3 Å². The molecule has 2 bridgehead atoms. The second kappa shape index (κ2) is 11.5. The lowest BCUT2D eigenvalue weighted by molar-refractivity contribution is 0.108. The van der Waals surface area contributed by atoms with Crippen LogP contribution in [0.25, 0.3) is 32.9 Å². The number of benzene rings is 2. The van der Waals surface area contributed by atoms with Gasteiger partial charge in [-0.05, 0) is 62.2 Å². The van der Waals surface area contributed by atoms with Crippen LogP contribution in [0.5, 0.6) is 17.6 Å². The van der Waals surface area contributed by atoms with Crippen LogP contribution in [0.4, 0.5) is 23.4 Å². The molecule has 4 aliphatic heterocycles. The van der Waals surface area contributed by atoms with Gasteiger partial charge in [-0.25, -0.2) is 13.8 Å². The number of hydrogen-bond donors (Lipinski definition) is 2. The van der Waals surface area contributed by atoms with Crippen molar-refractivity contribution in [2.45, 2.75) is 49.7 Å². The molecule has 48 heavy (non-hydrogen) atoms. The Kier molecular flexibility index (Phi) is 7.34. The number of rotatable bonds is 6. The summed E-state index contributed by atoms with van der Waals surface area (Å²) >= 11 is 0. The Morgan fingerprint density at radius 1 is 1.12 bits per heavy atom. The van der Waals surface area contributed by atoms with E-state index in [4.69, 9.17) is 20.9 Å². The monoisotopic (exact) mass is 660 g/mol. The number of phenolic OH excluding ortho intramolecular Hbond substituents is 1. The first-order chi connectivity index (χ1) is 23.2. The average molecular weight is 661 g/mol. The predicted octanol–water partition coefficient (Wildman–Crippen LogP) is 5.53. The zero-order valence-corrected chi connectivity index (χ0v) is 26.1. The van der Waals surface area contributed by atoms with Gasteiger partial charge < -0.3 is 24.8 Å². The van der Waals surface area contributed by atoms with Crippen molar-refractivity contribution in [2.75, 3.05) is 44.8 Å². The van der Waals surface area contributed by atoms with Gasteiger partial charge in [-0.1, -0.05) is 12.0 Å².